The minimum atomic E-state index is -1.23. The van der Waals surface area contributed by atoms with Crippen LogP contribution in [0.2, 0.25) is 0 Å². The number of hydrogen-bond acceptors (Lipinski definition) is 20. The molecule has 12 aromatic rings. The van der Waals surface area contributed by atoms with Crippen LogP contribution in [0.25, 0.3) is 0 Å². The highest BCUT2D eigenvalue weighted by atomic mass is 32.1. The van der Waals surface area contributed by atoms with Gasteiger partial charge in [-0.25, -0.2) is 0 Å². The van der Waals surface area contributed by atoms with E-state index in [2.05, 4.69) is 24.3 Å². The highest BCUT2D eigenvalue weighted by Crippen LogP contribution is 2.60. The van der Waals surface area contributed by atoms with Crippen LogP contribution in [-0.2, 0) is 0 Å². The Morgan fingerprint density at radius 2 is 0.348 bits per heavy atom. The van der Waals surface area contributed by atoms with Gasteiger partial charge in [0.1, 0.15) is 138 Å². The molecule has 0 spiro atoms. The molecular formula is C92H72O16S4. The van der Waals surface area contributed by atoms with Crippen LogP contribution in [0.5, 0.6) is 138 Å². The summed E-state index contributed by atoms with van der Waals surface area (Å²) in [4.78, 5) is 0. The van der Waals surface area contributed by atoms with Crippen LogP contribution in [-0.4, -0.2) is 23.0 Å². The van der Waals surface area contributed by atoms with Gasteiger partial charge in [0.25, 0.3) is 25.2 Å². The van der Waals surface area contributed by atoms with Crippen molar-refractivity contribution in [2.45, 2.75) is 100 Å². The highest BCUT2D eigenvalue weighted by molar-refractivity contribution is 7.80. The van der Waals surface area contributed by atoms with Crippen molar-refractivity contribution in [3.8, 4) is 138 Å². The van der Waals surface area contributed by atoms with E-state index >= 15 is 0 Å². The summed E-state index contributed by atoms with van der Waals surface area (Å²) in [6.07, 6.45) is 0.388. The summed E-state index contributed by atoms with van der Waals surface area (Å²) in [6.45, 7) is 0. The maximum absolute atomic E-state index is 7.78. The third-order valence-corrected chi connectivity index (χ3v) is 23.1. The van der Waals surface area contributed by atoms with Gasteiger partial charge < -0.3 is 75.8 Å². The van der Waals surface area contributed by atoms with E-state index in [1.54, 1.807) is 0 Å². The van der Waals surface area contributed by atoms with Gasteiger partial charge in [0.15, 0.2) is 0 Å². The second-order valence-corrected chi connectivity index (χ2v) is 31.1. The van der Waals surface area contributed by atoms with Crippen molar-refractivity contribution in [2.24, 2.45) is 0 Å². The van der Waals surface area contributed by atoms with Gasteiger partial charge in [0.05, 0.1) is 0 Å². The Balaban J connectivity index is 0.957. The Labute approximate surface area is 668 Å². The number of thiol groups is 4. The SMILES string of the molecule is SCCCC1c2cc3c4cc2OC2Oc5cc6c(cc51)C(CCCS)c1cc5c7cc1OC(O6)c1cc6cc(c1)Oc1cccc(c1)Oc1cc8cc(c1)C(Oc1cc(c(cc1C5CCCS)C3CCCS)OC(O4)c1cc(cc(c1)Oc1cccc(c1)O8)Oc1cccc(c1)Oc1cc(cc2c1)Oc1cccc(c1)O6)O7. The number of ether oxygens (including phenoxy) is 16. The molecule has 1 aliphatic carbocycles. The molecule has 0 saturated carbocycles. The third-order valence-electron chi connectivity index (χ3n) is 21.9. The van der Waals surface area contributed by atoms with Gasteiger partial charge >= 0.3 is 0 Å². The number of fused-ring (bicyclic) bond motifs is 16. The predicted molar refractivity (Wildman–Crippen MR) is 434 cm³/mol. The quantitative estimate of drug-likeness (QED) is 0.0859. The van der Waals surface area contributed by atoms with Gasteiger partial charge in [-0.2, -0.15) is 50.5 Å². The molecule has 0 aromatic heterocycles. The molecule has 560 valence electrons. The van der Waals surface area contributed by atoms with Gasteiger partial charge in [-0.15, -0.1) is 0 Å². The summed E-state index contributed by atoms with van der Waals surface area (Å²) in [7, 11) is 0. The normalized spacial score (nSPS) is 19.8. The van der Waals surface area contributed by atoms with E-state index in [0.29, 0.717) is 235 Å². The fraction of sp³-hybridized carbons (Fsp3) is 0.217. The van der Waals surface area contributed by atoms with Gasteiger partial charge in [0, 0.05) is 163 Å². The van der Waals surface area contributed by atoms with Crippen LogP contribution < -0.4 is 75.8 Å². The van der Waals surface area contributed by atoms with Crippen molar-refractivity contribution in [1.82, 2.24) is 0 Å². The Morgan fingerprint density at radius 3 is 0.509 bits per heavy atom. The lowest BCUT2D eigenvalue weighted by atomic mass is 9.76. The van der Waals surface area contributed by atoms with Crippen LogP contribution >= 0.6 is 50.5 Å². The first-order chi connectivity index (χ1) is 55.1. The van der Waals surface area contributed by atoms with E-state index in [9.17, 15) is 0 Å². The molecule has 12 aromatic carbocycles. The maximum atomic E-state index is 7.78. The molecule has 8 aliphatic heterocycles. The molecule has 0 radical (unpaired) electrons. The lowest BCUT2D eigenvalue weighted by Gasteiger charge is -2.38. The first-order valence-corrected chi connectivity index (χ1v) is 40.5. The Kier molecular flexibility index (Phi) is 17.5. The maximum Gasteiger partial charge on any atom is 0.267 e. The number of rotatable bonds is 12. The molecule has 0 amide bonds. The van der Waals surface area contributed by atoms with E-state index in [0.717, 1.165) is 44.5 Å². The van der Waals surface area contributed by atoms with Crippen LogP contribution in [0.15, 0.2) is 218 Å². The third kappa shape index (κ3) is 13.1. The average molecular weight is 1560 g/mol. The lowest BCUT2D eigenvalue weighted by molar-refractivity contribution is -0.0123. The molecule has 20 heteroatoms. The van der Waals surface area contributed by atoms with Gasteiger partial charge in [-0.3, -0.25) is 0 Å². The van der Waals surface area contributed by atoms with E-state index in [4.69, 9.17) is 126 Å². The molecule has 0 N–H and O–H groups in total. The van der Waals surface area contributed by atoms with E-state index in [1.807, 2.05) is 194 Å². The van der Waals surface area contributed by atoms with Gasteiger partial charge in [-0.05, 0) is 196 Å². The van der Waals surface area contributed by atoms with E-state index in [1.165, 1.54) is 0 Å². The van der Waals surface area contributed by atoms with Crippen LogP contribution in [0, 0.1) is 0 Å². The molecule has 21 rings (SSSR count). The van der Waals surface area contributed by atoms with Crippen molar-refractivity contribution < 1.29 is 75.8 Å². The van der Waals surface area contributed by atoms with Gasteiger partial charge in [0.2, 0.25) is 0 Å². The summed E-state index contributed by atoms with van der Waals surface area (Å²) < 4.78 is 118. The fourth-order valence-electron chi connectivity index (χ4n) is 16.9. The number of benzene rings is 12. The smallest absolute Gasteiger partial charge is 0.267 e. The van der Waals surface area contributed by atoms with E-state index in [-0.39, 0.29) is 0 Å². The zero-order chi connectivity index (χ0) is 74.7. The van der Waals surface area contributed by atoms with Crippen molar-refractivity contribution >= 4 is 50.5 Å². The predicted octanol–water partition coefficient (Wildman–Crippen LogP) is 24.8. The average Bonchev–Trinajstić information content (AvgIpc) is 0.727. The molecular weight excluding hydrogens is 1490 g/mol. The van der Waals surface area contributed by atoms with Crippen LogP contribution in [0.3, 0.4) is 0 Å². The van der Waals surface area contributed by atoms with Crippen LogP contribution in [0.4, 0.5) is 0 Å². The summed E-state index contributed by atoms with van der Waals surface area (Å²) in [5.41, 5.74) is 9.37. The fourth-order valence-corrected chi connectivity index (χ4v) is 17.7. The molecule has 0 atom stereocenters. The Hall–Kier alpha value is -11.2. The minimum Gasteiger partial charge on any atom is -0.457 e. The molecule has 9 aliphatic rings. The first kappa shape index (κ1) is 68.8. The summed E-state index contributed by atoms with van der Waals surface area (Å²) in [5.74, 6) is 11.5. The van der Waals surface area contributed by atoms with E-state index < -0.39 is 48.8 Å². The number of hydrogen-bond donors (Lipinski definition) is 4. The van der Waals surface area contributed by atoms with Gasteiger partial charge in [-0.1, -0.05) is 24.3 Å². The van der Waals surface area contributed by atoms with Crippen molar-refractivity contribution in [3.05, 3.63) is 285 Å². The molecule has 0 unspecified atom stereocenters. The molecule has 16 nitrogen and oxygen atoms in total. The van der Waals surface area contributed by atoms with Crippen molar-refractivity contribution in [2.75, 3.05) is 23.0 Å². The molecule has 0 saturated heterocycles. The summed E-state index contributed by atoms with van der Waals surface area (Å²) >= 11 is 20.0. The second kappa shape index (κ2) is 28.5. The van der Waals surface area contributed by atoms with Crippen molar-refractivity contribution in [1.29, 1.82) is 0 Å². The molecule has 8 heterocycles. The van der Waals surface area contributed by atoms with Crippen molar-refractivity contribution in [3.63, 3.8) is 0 Å². The zero-order valence-electron chi connectivity index (χ0n) is 60.2. The lowest BCUT2D eigenvalue weighted by Crippen LogP contribution is -2.26. The Bertz CT molecular complexity index is 4800. The molecule has 112 heavy (non-hydrogen) atoms. The first-order valence-electron chi connectivity index (χ1n) is 38.0. The summed E-state index contributed by atoms with van der Waals surface area (Å²) in [6, 6.07) is 69.8. The summed E-state index contributed by atoms with van der Waals surface area (Å²) in [5, 5.41) is 0. The topological polar surface area (TPSA) is 148 Å². The molecule has 40 bridgehead atoms. The largest absolute Gasteiger partial charge is 0.457 e. The molecule has 0 fully saturated rings. The van der Waals surface area contributed by atoms with Crippen LogP contribution in [0.1, 0.15) is 167 Å². The Morgan fingerprint density at radius 1 is 0.188 bits per heavy atom. The highest BCUT2D eigenvalue weighted by Gasteiger charge is 2.43. The standard InChI is InChI=1S/C92H72O16S4/c109-21-5-17-69-73-41-74-70(18-6-22-110)76-43-78-72(20-8-24-112)80-44-79-71(19-7-23-111)77-42-75(69)83-46-85(77)105-91-51-29-65-39-67(31-51)99-59-15-4-16-60(36-59)100-68-32-52-30-66(40-68)98-58-14-3-12-56(35-58)96-64-28-50-26-62(38-64)94-54-10-1-9-53(33-54)93-61-25-49(27-63(37-61)95-55-11-2-13-57(34-55)97-65)89(103-83)101-81(73)45-82(74)102-90(50)104-84(76)47-86(78)106-92(52)108-88(80)48-87(79)107-91/h1-4,9-16,25-48,69-72,89-92,109-112H,5-8,17-24H2. The monoisotopic (exact) mass is 1560 g/mol. The second-order valence-electron chi connectivity index (χ2n) is 29.3. The minimum absolute atomic E-state index is 0.397. The zero-order valence-corrected chi connectivity index (χ0v) is 63.8.